The first-order valence-electron chi connectivity index (χ1n) is 7.78. The summed E-state index contributed by atoms with van der Waals surface area (Å²) in [6, 6.07) is 5.19. The fraction of sp³-hybridized carbons (Fsp3) is 0.688. The quantitative estimate of drug-likeness (QED) is 0.881. The molecule has 0 amide bonds. The van der Waals surface area contributed by atoms with Crippen LogP contribution in [0.25, 0.3) is 0 Å². The summed E-state index contributed by atoms with van der Waals surface area (Å²) in [5.74, 6) is 0.870. The van der Waals surface area contributed by atoms with Crippen LogP contribution in [0.2, 0.25) is 0 Å². The minimum atomic E-state index is 0.755. The summed E-state index contributed by atoms with van der Waals surface area (Å²) in [6.07, 6.45) is 8.67. The average molecular weight is 259 g/mol. The molecule has 19 heavy (non-hydrogen) atoms. The Bertz CT molecular complexity index is 414. The van der Waals surface area contributed by atoms with Crippen LogP contribution >= 0.6 is 0 Å². The van der Waals surface area contributed by atoms with Gasteiger partial charge in [-0.2, -0.15) is 0 Å². The van der Waals surface area contributed by atoms with E-state index in [-0.39, 0.29) is 0 Å². The van der Waals surface area contributed by atoms with Crippen LogP contribution in [-0.2, 0) is 6.54 Å². The van der Waals surface area contributed by atoms with E-state index in [0.717, 1.165) is 18.5 Å². The maximum absolute atomic E-state index is 4.48. The van der Waals surface area contributed by atoms with Gasteiger partial charge in [-0.05, 0) is 43.7 Å². The first-order chi connectivity index (χ1) is 9.35. The molecule has 0 aromatic carbocycles. The summed E-state index contributed by atoms with van der Waals surface area (Å²) in [6.45, 7) is 5.65. The normalized spacial score (nSPS) is 23.6. The Balaban J connectivity index is 1.63. The lowest BCUT2D eigenvalue weighted by Crippen LogP contribution is -2.35. The molecule has 1 aliphatic carbocycles. The Kier molecular flexibility index (Phi) is 4.02. The van der Waals surface area contributed by atoms with Crippen molar-refractivity contribution in [1.82, 2.24) is 10.3 Å². The van der Waals surface area contributed by atoms with Crippen LogP contribution in [0.3, 0.4) is 0 Å². The van der Waals surface area contributed by atoms with Gasteiger partial charge < -0.3 is 10.2 Å². The number of pyridine rings is 1. The zero-order valence-corrected chi connectivity index (χ0v) is 11.9. The van der Waals surface area contributed by atoms with Crippen LogP contribution in [0.15, 0.2) is 18.3 Å². The van der Waals surface area contributed by atoms with E-state index < -0.39 is 0 Å². The molecule has 3 rings (SSSR count). The summed E-state index contributed by atoms with van der Waals surface area (Å²) < 4.78 is 0. The largest absolute Gasteiger partial charge is 0.371 e. The highest BCUT2D eigenvalue weighted by atomic mass is 15.1. The number of rotatable bonds is 5. The zero-order valence-electron chi connectivity index (χ0n) is 11.9. The number of nitrogens with one attached hydrogen (secondary N) is 1. The fourth-order valence-corrected chi connectivity index (χ4v) is 2.93. The molecule has 1 N–H and O–H groups in total. The van der Waals surface area contributed by atoms with Crippen molar-refractivity contribution in [3.05, 3.63) is 24.0 Å². The van der Waals surface area contributed by atoms with Gasteiger partial charge in [-0.3, -0.25) is 4.98 Å². The first kappa shape index (κ1) is 12.9. The molecule has 2 fully saturated rings. The van der Waals surface area contributed by atoms with E-state index in [1.165, 1.54) is 56.6 Å². The molecular weight excluding hydrogens is 234 g/mol. The van der Waals surface area contributed by atoms with Crippen LogP contribution in [-0.4, -0.2) is 24.1 Å². The summed E-state index contributed by atoms with van der Waals surface area (Å²) >= 11 is 0. The zero-order chi connectivity index (χ0) is 13.1. The van der Waals surface area contributed by atoms with E-state index >= 15 is 0 Å². The monoisotopic (exact) mass is 259 g/mol. The Labute approximate surface area is 116 Å². The van der Waals surface area contributed by atoms with Gasteiger partial charge in [0.2, 0.25) is 0 Å². The number of anilines is 1. The van der Waals surface area contributed by atoms with Crippen molar-refractivity contribution in [3.63, 3.8) is 0 Å². The maximum Gasteiger partial charge on any atom is 0.0562 e. The Morgan fingerprint density at radius 1 is 1.37 bits per heavy atom. The van der Waals surface area contributed by atoms with Crippen molar-refractivity contribution >= 4 is 5.69 Å². The van der Waals surface area contributed by atoms with Crippen molar-refractivity contribution < 1.29 is 0 Å². The molecule has 0 bridgehead atoms. The van der Waals surface area contributed by atoms with Gasteiger partial charge in [-0.1, -0.05) is 13.3 Å². The van der Waals surface area contributed by atoms with Gasteiger partial charge in [0.05, 0.1) is 5.69 Å². The van der Waals surface area contributed by atoms with Crippen LogP contribution in [0.5, 0.6) is 0 Å². The summed E-state index contributed by atoms with van der Waals surface area (Å²) in [7, 11) is 0. The SMILES string of the molecule is CCC1CCCN(c2ccnc(CNC3CC3)c2)C1. The van der Waals surface area contributed by atoms with E-state index in [1.807, 2.05) is 6.20 Å². The third kappa shape index (κ3) is 3.47. The summed E-state index contributed by atoms with van der Waals surface area (Å²) in [5.41, 5.74) is 2.55. The molecule has 2 aliphatic rings. The molecule has 1 atom stereocenters. The number of nitrogens with zero attached hydrogens (tertiary/aromatic N) is 2. The van der Waals surface area contributed by atoms with Crippen LogP contribution in [0.1, 0.15) is 44.7 Å². The third-order valence-corrected chi connectivity index (χ3v) is 4.41. The predicted molar refractivity (Wildman–Crippen MR) is 79.3 cm³/mol. The van der Waals surface area contributed by atoms with Gasteiger partial charge in [0.15, 0.2) is 0 Å². The van der Waals surface area contributed by atoms with E-state index in [1.54, 1.807) is 0 Å². The smallest absolute Gasteiger partial charge is 0.0562 e. The third-order valence-electron chi connectivity index (χ3n) is 4.41. The number of hydrogen-bond acceptors (Lipinski definition) is 3. The minimum absolute atomic E-state index is 0.755. The average Bonchev–Trinajstić information content (AvgIpc) is 3.30. The lowest BCUT2D eigenvalue weighted by atomic mass is 9.95. The van der Waals surface area contributed by atoms with Gasteiger partial charge in [-0.25, -0.2) is 0 Å². The minimum Gasteiger partial charge on any atom is -0.371 e. The molecule has 0 radical (unpaired) electrons. The van der Waals surface area contributed by atoms with Gasteiger partial charge in [-0.15, -0.1) is 0 Å². The van der Waals surface area contributed by atoms with Crippen LogP contribution in [0, 0.1) is 5.92 Å². The van der Waals surface area contributed by atoms with Gasteiger partial charge in [0, 0.05) is 37.6 Å². The Morgan fingerprint density at radius 3 is 3.05 bits per heavy atom. The fourth-order valence-electron chi connectivity index (χ4n) is 2.93. The number of hydrogen-bond donors (Lipinski definition) is 1. The molecule has 1 unspecified atom stereocenters. The Hall–Kier alpha value is -1.09. The second-order valence-electron chi connectivity index (χ2n) is 6.02. The lowest BCUT2D eigenvalue weighted by Gasteiger charge is -2.34. The summed E-state index contributed by atoms with van der Waals surface area (Å²) in [5, 5.41) is 3.54. The number of piperidine rings is 1. The van der Waals surface area contributed by atoms with Crippen molar-refractivity contribution in [3.8, 4) is 0 Å². The molecule has 104 valence electrons. The second-order valence-corrected chi connectivity index (χ2v) is 6.02. The van der Waals surface area contributed by atoms with Crippen molar-refractivity contribution in [1.29, 1.82) is 0 Å². The molecule has 1 saturated heterocycles. The molecular formula is C16H25N3. The molecule has 2 heterocycles. The van der Waals surface area contributed by atoms with E-state index in [4.69, 9.17) is 0 Å². The lowest BCUT2D eigenvalue weighted by molar-refractivity contribution is 0.404. The highest BCUT2D eigenvalue weighted by Gasteiger charge is 2.21. The second kappa shape index (κ2) is 5.91. The van der Waals surface area contributed by atoms with Gasteiger partial charge >= 0.3 is 0 Å². The van der Waals surface area contributed by atoms with Gasteiger partial charge in [0.1, 0.15) is 0 Å². The molecule has 1 aromatic heterocycles. The van der Waals surface area contributed by atoms with Crippen molar-refractivity contribution in [2.24, 2.45) is 5.92 Å². The maximum atomic E-state index is 4.48. The summed E-state index contributed by atoms with van der Waals surface area (Å²) in [4.78, 5) is 7.03. The molecule has 0 spiro atoms. The highest BCUT2D eigenvalue weighted by Crippen LogP contribution is 2.25. The molecule has 3 nitrogen and oxygen atoms in total. The highest BCUT2D eigenvalue weighted by molar-refractivity contribution is 5.47. The van der Waals surface area contributed by atoms with Crippen molar-refractivity contribution in [2.75, 3.05) is 18.0 Å². The van der Waals surface area contributed by atoms with Crippen LogP contribution in [0.4, 0.5) is 5.69 Å². The Morgan fingerprint density at radius 2 is 2.26 bits per heavy atom. The van der Waals surface area contributed by atoms with E-state index in [0.29, 0.717) is 0 Å². The molecule has 1 aromatic rings. The molecule has 3 heteroatoms. The van der Waals surface area contributed by atoms with Gasteiger partial charge in [0.25, 0.3) is 0 Å². The predicted octanol–water partition coefficient (Wildman–Crippen LogP) is 2.96. The topological polar surface area (TPSA) is 28.2 Å². The first-order valence-corrected chi connectivity index (χ1v) is 7.78. The van der Waals surface area contributed by atoms with E-state index in [9.17, 15) is 0 Å². The molecule has 1 saturated carbocycles. The van der Waals surface area contributed by atoms with Crippen LogP contribution < -0.4 is 10.2 Å². The number of aromatic nitrogens is 1. The standard InChI is InChI=1S/C16H25N3/c1-2-13-4-3-9-19(12-13)16-7-8-17-15(10-16)11-18-14-5-6-14/h7-8,10,13-14,18H,2-6,9,11-12H2,1H3. The molecule has 1 aliphatic heterocycles. The van der Waals surface area contributed by atoms with E-state index in [2.05, 4.69) is 34.3 Å². The van der Waals surface area contributed by atoms with Crippen molar-refractivity contribution in [2.45, 2.75) is 51.6 Å².